The van der Waals surface area contributed by atoms with Crippen LogP contribution in [0.4, 0.5) is 5.69 Å². The van der Waals surface area contributed by atoms with Gasteiger partial charge in [-0.1, -0.05) is 32.4 Å². The number of nitrogens with zero attached hydrogens (tertiary/aromatic N) is 6. The Kier molecular flexibility index (Phi) is 7.48. The number of fused-ring (bicyclic) bond motifs is 1. The number of nitrogens with one attached hydrogen (secondary N) is 1. The Labute approximate surface area is 185 Å². The van der Waals surface area contributed by atoms with E-state index in [2.05, 4.69) is 72.7 Å². The van der Waals surface area contributed by atoms with Crippen LogP contribution in [-0.4, -0.2) is 82.1 Å². The second-order valence-corrected chi connectivity index (χ2v) is 8.31. The molecular weight excluding hydrogens is 386 g/mol. The lowest BCUT2D eigenvalue weighted by Crippen LogP contribution is -2.41. The van der Waals surface area contributed by atoms with E-state index in [0.29, 0.717) is 5.65 Å². The van der Waals surface area contributed by atoms with Crippen LogP contribution >= 0.6 is 0 Å². The van der Waals surface area contributed by atoms with Crippen molar-refractivity contribution in [2.45, 2.75) is 33.1 Å². The summed E-state index contributed by atoms with van der Waals surface area (Å²) in [6.45, 7) is 13.4. The summed E-state index contributed by atoms with van der Waals surface area (Å²) in [4.78, 5) is 24.0. The molecule has 1 aromatic carbocycles. The molecule has 31 heavy (non-hydrogen) atoms. The fourth-order valence-corrected chi connectivity index (χ4v) is 4.37. The molecule has 1 N–H and O–H groups in total. The van der Waals surface area contributed by atoms with E-state index < -0.39 is 0 Å². The number of aromatic nitrogens is 4. The number of H-pyrrole nitrogens is 1. The normalized spacial score (nSPS) is 15.1. The molecule has 0 radical (unpaired) electrons. The first-order valence-electron chi connectivity index (χ1n) is 11.7. The van der Waals surface area contributed by atoms with Crippen molar-refractivity contribution in [3.05, 3.63) is 36.8 Å². The summed E-state index contributed by atoms with van der Waals surface area (Å²) in [5, 5.41) is 0. The topological polar surface area (TPSA) is 64.2 Å². The second-order valence-electron chi connectivity index (χ2n) is 8.31. The van der Waals surface area contributed by atoms with Gasteiger partial charge in [0.1, 0.15) is 17.7 Å². The Morgan fingerprint density at radius 1 is 1.03 bits per heavy atom. The number of likely N-dealkylation sites (tertiary alicyclic amines) is 1. The van der Waals surface area contributed by atoms with Crippen molar-refractivity contribution in [2.24, 2.45) is 0 Å². The lowest BCUT2D eigenvalue weighted by atomic mass is 10.1. The average molecular weight is 422 g/mol. The first-order valence-corrected chi connectivity index (χ1v) is 11.7. The molecule has 0 spiro atoms. The van der Waals surface area contributed by atoms with Crippen LogP contribution < -0.4 is 4.90 Å². The molecule has 7 heteroatoms. The highest BCUT2D eigenvalue weighted by Gasteiger charge is 2.15. The first kappa shape index (κ1) is 21.7. The number of benzene rings is 1. The number of piperidine rings is 1. The van der Waals surface area contributed by atoms with Crippen molar-refractivity contribution in [2.75, 3.05) is 57.3 Å². The number of anilines is 1. The van der Waals surface area contributed by atoms with E-state index in [4.69, 9.17) is 0 Å². The number of hydrogen-bond donors (Lipinski definition) is 1. The minimum absolute atomic E-state index is 0.707. The third-order valence-corrected chi connectivity index (χ3v) is 6.36. The molecule has 166 valence electrons. The maximum absolute atomic E-state index is 4.66. The Morgan fingerprint density at radius 3 is 2.65 bits per heavy atom. The zero-order valence-corrected chi connectivity index (χ0v) is 18.9. The number of likely N-dealkylation sites (N-methyl/N-ethyl adjacent to an activating group) is 1. The van der Waals surface area contributed by atoms with Gasteiger partial charge in [0.25, 0.3) is 0 Å². The van der Waals surface area contributed by atoms with Gasteiger partial charge in [0.15, 0.2) is 5.65 Å². The molecular formula is C24H35N7. The smallest absolute Gasteiger partial charge is 0.181 e. The highest BCUT2D eigenvalue weighted by atomic mass is 15.2. The zero-order valence-electron chi connectivity index (χ0n) is 18.9. The van der Waals surface area contributed by atoms with Crippen molar-refractivity contribution < 1.29 is 0 Å². The van der Waals surface area contributed by atoms with Gasteiger partial charge in [0, 0.05) is 37.4 Å². The summed E-state index contributed by atoms with van der Waals surface area (Å²) in [6, 6.07) is 8.73. The van der Waals surface area contributed by atoms with Gasteiger partial charge in [0.2, 0.25) is 0 Å². The van der Waals surface area contributed by atoms with E-state index in [1.54, 1.807) is 12.5 Å². The molecule has 3 heterocycles. The monoisotopic (exact) mass is 421 g/mol. The molecule has 3 aromatic rings. The number of aromatic amines is 1. The number of hydrogen-bond acceptors (Lipinski definition) is 6. The van der Waals surface area contributed by atoms with Crippen molar-refractivity contribution >= 4 is 16.9 Å². The second kappa shape index (κ2) is 10.7. The van der Waals surface area contributed by atoms with E-state index in [1.165, 1.54) is 38.0 Å². The van der Waals surface area contributed by atoms with Gasteiger partial charge in [-0.05, 0) is 51.2 Å². The summed E-state index contributed by atoms with van der Waals surface area (Å²) < 4.78 is 0. The standard InChI is InChI=1S/C24H35N7/c1-3-29(4-2)13-15-31(16-14-30-11-6-5-7-12-30)21-10-8-9-20(17-21)23-27-22-18-25-19-26-24(22)28-23/h8-10,17-19H,3-7,11-16H2,1-2H3,(H,25,26,27,28). The molecule has 0 unspecified atom stereocenters. The molecule has 0 amide bonds. The van der Waals surface area contributed by atoms with Crippen LogP contribution in [0.3, 0.4) is 0 Å². The molecule has 1 aliphatic rings. The zero-order chi connectivity index (χ0) is 21.5. The van der Waals surface area contributed by atoms with Gasteiger partial charge < -0.3 is 19.7 Å². The number of rotatable bonds is 10. The SMILES string of the molecule is CCN(CC)CCN(CCN1CCCCC1)c1cccc(-c2nc3ncncc3[nH]2)c1. The first-order chi connectivity index (χ1) is 15.3. The van der Waals surface area contributed by atoms with Crippen LogP contribution in [0.2, 0.25) is 0 Å². The highest BCUT2D eigenvalue weighted by Crippen LogP contribution is 2.24. The van der Waals surface area contributed by atoms with Gasteiger partial charge in [-0.3, -0.25) is 0 Å². The fraction of sp³-hybridized carbons (Fsp3) is 0.542. The Hall–Kier alpha value is -2.51. The van der Waals surface area contributed by atoms with Crippen LogP contribution in [0.5, 0.6) is 0 Å². The number of imidazole rings is 1. The predicted octanol–water partition coefficient (Wildman–Crippen LogP) is 3.65. The maximum atomic E-state index is 4.66. The Bertz CT molecular complexity index is 911. The molecule has 4 rings (SSSR count). The van der Waals surface area contributed by atoms with Crippen LogP contribution in [0, 0.1) is 0 Å². The average Bonchev–Trinajstić information content (AvgIpc) is 3.27. The lowest BCUT2D eigenvalue weighted by Gasteiger charge is -2.32. The third kappa shape index (κ3) is 5.60. The van der Waals surface area contributed by atoms with Gasteiger partial charge in [-0.2, -0.15) is 0 Å². The molecule has 7 nitrogen and oxygen atoms in total. The largest absolute Gasteiger partial charge is 0.369 e. The van der Waals surface area contributed by atoms with Crippen molar-refractivity contribution in [1.29, 1.82) is 0 Å². The van der Waals surface area contributed by atoms with Gasteiger partial charge in [-0.15, -0.1) is 0 Å². The highest BCUT2D eigenvalue weighted by molar-refractivity contribution is 5.75. The van der Waals surface area contributed by atoms with E-state index in [1.807, 2.05) is 0 Å². The van der Waals surface area contributed by atoms with E-state index >= 15 is 0 Å². The van der Waals surface area contributed by atoms with Crippen molar-refractivity contribution in [3.8, 4) is 11.4 Å². The van der Waals surface area contributed by atoms with Crippen molar-refractivity contribution in [1.82, 2.24) is 29.7 Å². The summed E-state index contributed by atoms with van der Waals surface area (Å²) >= 11 is 0. The van der Waals surface area contributed by atoms with Crippen LogP contribution in [0.25, 0.3) is 22.6 Å². The fourth-order valence-electron chi connectivity index (χ4n) is 4.37. The minimum atomic E-state index is 0.707. The van der Waals surface area contributed by atoms with Crippen LogP contribution in [0.15, 0.2) is 36.8 Å². The predicted molar refractivity (Wildman–Crippen MR) is 127 cm³/mol. The summed E-state index contributed by atoms with van der Waals surface area (Å²) in [7, 11) is 0. The summed E-state index contributed by atoms with van der Waals surface area (Å²) in [5.74, 6) is 0.845. The molecule has 1 saturated heterocycles. The van der Waals surface area contributed by atoms with E-state index in [-0.39, 0.29) is 0 Å². The molecule has 0 saturated carbocycles. The summed E-state index contributed by atoms with van der Waals surface area (Å²) in [6.07, 6.45) is 7.37. The summed E-state index contributed by atoms with van der Waals surface area (Å²) in [5.41, 5.74) is 3.92. The van der Waals surface area contributed by atoms with Gasteiger partial charge >= 0.3 is 0 Å². The van der Waals surface area contributed by atoms with E-state index in [9.17, 15) is 0 Å². The molecule has 2 aromatic heterocycles. The van der Waals surface area contributed by atoms with Gasteiger partial charge in [-0.25, -0.2) is 15.0 Å². The molecule has 1 aliphatic heterocycles. The molecule has 0 bridgehead atoms. The van der Waals surface area contributed by atoms with E-state index in [0.717, 1.165) is 56.2 Å². The quantitative estimate of drug-likeness (QED) is 0.539. The van der Waals surface area contributed by atoms with Crippen LogP contribution in [0.1, 0.15) is 33.1 Å². The molecule has 1 fully saturated rings. The Balaban J connectivity index is 1.53. The minimum Gasteiger partial charge on any atom is -0.369 e. The molecule has 0 atom stereocenters. The van der Waals surface area contributed by atoms with Gasteiger partial charge in [0.05, 0.1) is 6.20 Å². The third-order valence-electron chi connectivity index (χ3n) is 6.36. The Morgan fingerprint density at radius 2 is 1.87 bits per heavy atom. The van der Waals surface area contributed by atoms with Crippen molar-refractivity contribution in [3.63, 3.8) is 0 Å². The lowest BCUT2D eigenvalue weighted by molar-refractivity contribution is 0.231. The molecule has 0 aliphatic carbocycles. The van der Waals surface area contributed by atoms with Crippen LogP contribution in [-0.2, 0) is 0 Å². The maximum Gasteiger partial charge on any atom is 0.181 e.